The SMILES string of the molecule is Cl.O=S(=O)(NC(CN1CCOCC1)c1ccccc1)c1cc(F)ccc1F. The van der Waals surface area contributed by atoms with Gasteiger partial charge in [0.1, 0.15) is 16.5 Å². The maximum absolute atomic E-state index is 14.0. The van der Waals surface area contributed by atoms with E-state index >= 15 is 0 Å². The minimum atomic E-state index is -4.23. The first-order chi connectivity index (χ1) is 12.5. The normalized spacial score (nSPS) is 16.5. The first kappa shape index (κ1) is 21.7. The summed E-state index contributed by atoms with van der Waals surface area (Å²) in [6, 6.07) is 10.8. The number of benzene rings is 2. The zero-order valence-electron chi connectivity index (χ0n) is 14.5. The van der Waals surface area contributed by atoms with Crippen molar-refractivity contribution in [1.82, 2.24) is 9.62 Å². The summed E-state index contributed by atoms with van der Waals surface area (Å²) in [7, 11) is -4.23. The van der Waals surface area contributed by atoms with E-state index in [1.807, 2.05) is 6.07 Å². The van der Waals surface area contributed by atoms with Crippen LogP contribution in [0.2, 0.25) is 0 Å². The van der Waals surface area contributed by atoms with Crippen LogP contribution in [0.4, 0.5) is 8.78 Å². The first-order valence-electron chi connectivity index (χ1n) is 8.28. The van der Waals surface area contributed by atoms with Crippen LogP contribution in [0, 0.1) is 11.6 Å². The van der Waals surface area contributed by atoms with Crippen LogP contribution in [0.1, 0.15) is 11.6 Å². The summed E-state index contributed by atoms with van der Waals surface area (Å²) < 4.78 is 60.6. The zero-order chi connectivity index (χ0) is 18.6. The molecule has 0 radical (unpaired) electrons. The molecule has 1 atom stereocenters. The molecule has 27 heavy (non-hydrogen) atoms. The summed E-state index contributed by atoms with van der Waals surface area (Å²) >= 11 is 0. The maximum Gasteiger partial charge on any atom is 0.244 e. The Kier molecular flexibility index (Phi) is 7.69. The van der Waals surface area contributed by atoms with Crippen LogP contribution < -0.4 is 4.72 Å². The van der Waals surface area contributed by atoms with Crippen LogP contribution in [-0.4, -0.2) is 46.2 Å². The van der Waals surface area contributed by atoms with Crippen LogP contribution in [0.5, 0.6) is 0 Å². The van der Waals surface area contributed by atoms with E-state index < -0.39 is 32.6 Å². The molecular formula is C18H21ClF2N2O3S. The molecule has 1 aliphatic heterocycles. The molecule has 0 saturated carbocycles. The van der Waals surface area contributed by atoms with E-state index in [2.05, 4.69) is 9.62 Å². The van der Waals surface area contributed by atoms with Gasteiger partial charge in [-0.2, -0.15) is 0 Å². The van der Waals surface area contributed by atoms with Crippen molar-refractivity contribution in [1.29, 1.82) is 0 Å². The van der Waals surface area contributed by atoms with Gasteiger partial charge in [-0.15, -0.1) is 12.4 Å². The Morgan fingerprint density at radius 1 is 1.07 bits per heavy atom. The standard InChI is InChI=1S/C18H20F2N2O3S.ClH/c19-15-6-7-16(20)18(12-15)26(23,24)21-17(14-4-2-1-3-5-14)13-22-8-10-25-11-9-22;/h1-7,12,17,21H,8-11,13H2;1H. The van der Waals surface area contributed by atoms with Crippen molar-refractivity contribution in [2.75, 3.05) is 32.8 Å². The van der Waals surface area contributed by atoms with Crippen molar-refractivity contribution in [3.8, 4) is 0 Å². The Morgan fingerprint density at radius 2 is 1.74 bits per heavy atom. The monoisotopic (exact) mass is 418 g/mol. The van der Waals surface area contributed by atoms with Crippen LogP contribution in [0.3, 0.4) is 0 Å². The fourth-order valence-corrected chi connectivity index (χ4v) is 4.18. The van der Waals surface area contributed by atoms with Gasteiger partial charge >= 0.3 is 0 Å². The van der Waals surface area contributed by atoms with Gasteiger partial charge in [-0.1, -0.05) is 30.3 Å². The predicted molar refractivity (Wildman–Crippen MR) is 100 cm³/mol. The van der Waals surface area contributed by atoms with E-state index in [1.165, 1.54) is 0 Å². The largest absolute Gasteiger partial charge is 0.379 e. The highest BCUT2D eigenvalue weighted by molar-refractivity contribution is 7.89. The molecule has 9 heteroatoms. The number of nitrogens with zero attached hydrogens (tertiary/aromatic N) is 1. The van der Waals surface area contributed by atoms with E-state index in [0.29, 0.717) is 38.9 Å². The average Bonchev–Trinajstić information content (AvgIpc) is 2.64. The van der Waals surface area contributed by atoms with E-state index in [0.717, 1.165) is 17.7 Å². The second-order valence-electron chi connectivity index (χ2n) is 6.07. The fourth-order valence-electron chi connectivity index (χ4n) is 2.87. The number of rotatable bonds is 6. The average molecular weight is 419 g/mol. The van der Waals surface area contributed by atoms with E-state index in [-0.39, 0.29) is 12.4 Å². The van der Waals surface area contributed by atoms with Crippen molar-refractivity contribution in [3.05, 3.63) is 65.7 Å². The summed E-state index contributed by atoms with van der Waals surface area (Å²) in [4.78, 5) is 1.38. The van der Waals surface area contributed by atoms with Crippen molar-refractivity contribution in [2.45, 2.75) is 10.9 Å². The summed E-state index contributed by atoms with van der Waals surface area (Å²) in [5.74, 6) is -1.80. The molecule has 148 valence electrons. The lowest BCUT2D eigenvalue weighted by atomic mass is 10.1. The summed E-state index contributed by atoms with van der Waals surface area (Å²) in [6.45, 7) is 2.92. The third kappa shape index (κ3) is 5.70. The third-order valence-corrected chi connectivity index (χ3v) is 5.71. The molecule has 0 amide bonds. The maximum atomic E-state index is 14.0. The van der Waals surface area contributed by atoms with Gasteiger partial charge in [-0.05, 0) is 23.8 Å². The molecule has 1 N–H and O–H groups in total. The van der Waals surface area contributed by atoms with Crippen LogP contribution in [0.25, 0.3) is 0 Å². The molecule has 5 nitrogen and oxygen atoms in total. The Morgan fingerprint density at radius 3 is 2.41 bits per heavy atom. The summed E-state index contributed by atoms with van der Waals surface area (Å²) in [5, 5.41) is 0. The predicted octanol–water partition coefficient (Wildman–Crippen LogP) is 2.74. The Labute approximate surface area is 163 Å². The van der Waals surface area contributed by atoms with E-state index in [9.17, 15) is 17.2 Å². The number of hydrogen-bond donors (Lipinski definition) is 1. The topological polar surface area (TPSA) is 58.6 Å². The lowest BCUT2D eigenvalue weighted by Crippen LogP contribution is -2.43. The fraction of sp³-hybridized carbons (Fsp3) is 0.333. The highest BCUT2D eigenvalue weighted by atomic mass is 35.5. The summed E-state index contributed by atoms with van der Waals surface area (Å²) in [6.07, 6.45) is 0. The Balaban J connectivity index is 0.00000261. The Hall–Kier alpha value is -1.58. The number of morpholine rings is 1. The van der Waals surface area contributed by atoms with E-state index in [4.69, 9.17) is 4.74 Å². The minimum Gasteiger partial charge on any atom is -0.379 e. The molecule has 0 bridgehead atoms. The van der Waals surface area contributed by atoms with Crippen molar-refractivity contribution < 1.29 is 21.9 Å². The molecular weight excluding hydrogens is 398 g/mol. The van der Waals surface area contributed by atoms with Crippen molar-refractivity contribution >= 4 is 22.4 Å². The van der Waals surface area contributed by atoms with Crippen molar-refractivity contribution in [3.63, 3.8) is 0 Å². The lowest BCUT2D eigenvalue weighted by molar-refractivity contribution is 0.0345. The highest BCUT2D eigenvalue weighted by Gasteiger charge is 2.26. The number of nitrogens with one attached hydrogen (secondary N) is 1. The van der Waals surface area contributed by atoms with Gasteiger partial charge in [0.05, 0.1) is 19.3 Å². The van der Waals surface area contributed by atoms with Crippen LogP contribution in [-0.2, 0) is 14.8 Å². The molecule has 1 fully saturated rings. The van der Waals surface area contributed by atoms with E-state index in [1.54, 1.807) is 24.3 Å². The van der Waals surface area contributed by atoms with Gasteiger partial charge in [-0.25, -0.2) is 21.9 Å². The smallest absolute Gasteiger partial charge is 0.244 e. The molecule has 1 unspecified atom stereocenters. The molecule has 0 aromatic heterocycles. The molecule has 1 saturated heterocycles. The Bertz CT molecular complexity index is 847. The first-order valence-corrected chi connectivity index (χ1v) is 9.76. The van der Waals surface area contributed by atoms with Gasteiger partial charge in [0.25, 0.3) is 0 Å². The molecule has 1 heterocycles. The van der Waals surface area contributed by atoms with Gasteiger partial charge in [0.15, 0.2) is 0 Å². The summed E-state index contributed by atoms with van der Waals surface area (Å²) in [5.41, 5.74) is 0.749. The molecule has 1 aliphatic rings. The molecule has 2 aromatic rings. The quantitative estimate of drug-likeness (QED) is 0.783. The van der Waals surface area contributed by atoms with Gasteiger partial charge in [0.2, 0.25) is 10.0 Å². The van der Waals surface area contributed by atoms with Crippen LogP contribution in [0.15, 0.2) is 53.4 Å². The zero-order valence-corrected chi connectivity index (χ0v) is 16.1. The van der Waals surface area contributed by atoms with Crippen LogP contribution >= 0.6 is 12.4 Å². The number of sulfonamides is 1. The molecule has 0 aliphatic carbocycles. The number of hydrogen-bond acceptors (Lipinski definition) is 4. The highest BCUT2D eigenvalue weighted by Crippen LogP contribution is 2.21. The second-order valence-corrected chi connectivity index (χ2v) is 7.75. The van der Waals surface area contributed by atoms with Gasteiger partial charge in [0, 0.05) is 19.6 Å². The number of halogens is 3. The second kappa shape index (κ2) is 9.57. The van der Waals surface area contributed by atoms with Gasteiger partial charge < -0.3 is 4.74 Å². The van der Waals surface area contributed by atoms with Gasteiger partial charge in [-0.3, -0.25) is 4.90 Å². The lowest BCUT2D eigenvalue weighted by Gasteiger charge is -2.31. The van der Waals surface area contributed by atoms with Crippen molar-refractivity contribution in [2.24, 2.45) is 0 Å². The number of ether oxygens (including phenoxy) is 1. The molecule has 3 rings (SSSR count). The third-order valence-electron chi connectivity index (χ3n) is 4.23. The molecule has 0 spiro atoms. The molecule has 2 aromatic carbocycles. The minimum absolute atomic E-state index is 0.